The number of fused-ring (bicyclic) bond motifs is 1. The average molecular weight is 245 g/mol. The fraction of sp³-hybridized carbons (Fsp3) is 0.357. The van der Waals surface area contributed by atoms with Gasteiger partial charge in [0.2, 0.25) is 0 Å². The van der Waals surface area contributed by atoms with Crippen LogP contribution in [0.5, 0.6) is 0 Å². The van der Waals surface area contributed by atoms with Gasteiger partial charge in [0.1, 0.15) is 0 Å². The first kappa shape index (κ1) is 12.5. The smallest absolute Gasteiger partial charge is 0.253 e. The molecule has 1 aromatic carbocycles. The standard InChI is InChI=1S/C14H19N3O/c1-3-4-9(2)17-14(18)12-8-16-13-7-10(15)5-6-11(12)13/h5-9,16H,3-4,15H2,1-2H3,(H,17,18). The number of rotatable bonds is 4. The quantitative estimate of drug-likeness (QED) is 0.725. The van der Waals surface area contributed by atoms with Crippen molar-refractivity contribution in [3.63, 3.8) is 0 Å². The van der Waals surface area contributed by atoms with Crippen LogP contribution in [0.1, 0.15) is 37.0 Å². The minimum absolute atomic E-state index is 0.0352. The van der Waals surface area contributed by atoms with Gasteiger partial charge in [-0.3, -0.25) is 4.79 Å². The highest BCUT2D eigenvalue weighted by Crippen LogP contribution is 2.20. The molecule has 18 heavy (non-hydrogen) atoms. The average Bonchev–Trinajstić information content (AvgIpc) is 2.71. The van der Waals surface area contributed by atoms with E-state index in [1.807, 2.05) is 25.1 Å². The van der Waals surface area contributed by atoms with E-state index in [1.165, 1.54) is 0 Å². The largest absolute Gasteiger partial charge is 0.399 e. The molecule has 2 rings (SSSR count). The van der Waals surface area contributed by atoms with Crippen molar-refractivity contribution in [2.45, 2.75) is 32.7 Å². The van der Waals surface area contributed by atoms with Crippen molar-refractivity contribution in [3.8, 4) is 0 Å². The van der Waals surface area contributed by atoms with Crippen LogP contribution in [0.2, 0.25) is 0 Å². The summed E-state index contributed by atoms with van der Waals surface area (Å²) in [7, 11) is 0. The molecule has 1 atom stereocenters. The molecule has 4 N–H and O–H groups in total. The number of H-pyrrole nitrogens is 1. The van der Waals surface area contributed by atoms with Gasteiger partial charge in [0.25, 0.3) is 5.91 Å². The molecule has 0 radical (unpaired) electrons. The summed E-state index contributed by atoms with van der Waals surface area (Å²) >= 11 is 0. The minimum atomic E-state index is -0.0352. The summed E-state index contributed by atoms with van der Waals surface area (Å²) < 4.78 is 0. The Labute approximate surface area is 107 Å². The molecule has 1 aromatic heterocycles. The molecule has 0 saturated carbocycles. The Morgan fingerprint density at radius 2 is 2.28 bits per heavy atom. The predicted molar refractivity (Wildman–Crippen MR) is 74.5 cm³/mol. The second-order valence-electron chi connectivity index (χ2n) is 4.67. The molecule has 0 aliphatic heterocycles. The van der Waals surface area contributed by atoms with Crippen LogP contribution in [-0.4, -0.2) is 16.9 Å². The number of aromatic nitrogens is 1. The van der Waals surface area contributed by atoms with E-state index in [-0.39, 0.29) is 11.9 Å². The molecule has 2 aromatic rings. The second kappa shape index (κ2) is 5.12. The Morgan fingerprint density at radius 3 is 3.00 bits per heavy atom. The Kier molecular flexibility index (Phi) is 3.55. The summed E-state index contributed by atoms with van der Waals surface area (Å²) in [5.41, 5.74) is 7.97. The van der Waals surface area contributed by atoms with Crippen molar-refractivity contribution in [1.29, 1.82) is 0 Å². The highest BCUT2D eigenvalue weighted by atomic mass is 16.1. The van der Waals surface area contributed by atoms with Crippen LogP contribution < -0.4 is 11.1 Å². The predicted octanol–water partition coefficient (Wildman–Crippen LogP) is 2.67. The molecular weight excluding hydrogens is 226 g/mol. The van der Waals surface area contributed by atoms with Crippen LogP contribution in [-0.2, 0) is 0 Å². The first-order valence-electron chi connectivity index (χ1n) is 6.29. The molecule has 1 unspecified atom stereocenters. The van der Waals surface area contributed by atoms with E-state index in [0.717, 1.165) is 23.7 Å². The van der Waals surface area contributed by atoms with Crippen LogP contribution in [0, 0.1) is 0 Å². The van der Waals surface area contributed by atoms with Gasteiger partial charge in [0.15, 0.2) is 0 Å². The van der Waals surface area contributed by atoms with Crippen LogP contribution in [0.15, 0.2) is 24.4 Å². The third kappa shape index (κ3) is 2.47. The van der Waals surface area contributed by atoms with Crippen molar-refractivity contribution < 1.29 is 4.79 Å². The zero-order valence-electron chi connectivity index (χ0n) is 10.8. The maximum Gasteiger partial charge on any atom is 0.253 e. The molecule has 0 aliphatic carbocycles. The van der Waals surface area contributed by atoms with Gasteiger partial charge >= 0.3 is 0 Å². The molecule has 0 spiro atoms. The number of nitrogens with two attached hydrogens (primary N) is 1. The maximum absolute atomic E-state index is 12.1. The molecule has 0 aliphatic rings. The topological polar surface area (TPSA) is 70.9 Å². The monoisotopic (exact) mass is 245 g/mol. The number of hydrogen-bond acceptors (Lipinski definition) is 2. The van der Waals surface area contributed by atoms with Crippen molar-refractivity contribution in [2.75, 3.05) is 5.73 Å². The fourth-order valence-corrected chi connectivity index (χ4v) is 2.14. The molecule has 4 nitrogen and oxygen atoms in total. The summed E-state index contributed by atoms with van der Waals surface area (Å²) in [6, 6.07) is 5.71. The molecule has 0 saturated heterocycles. The van der Waals surface area contributed by atoms with E-state index >= 15 is 0 Å². The highest BCUT2D eigenvalue weighted by Gasteiger charge is 2.13. The number of carbonyl (C=O) groups is 1. The lowest BCUT2D eigenvalue weighted by Crippen LogP contribution is -2.32. The lowest BCUT2D eigenvalue weighted by molar-refractivity contribution is 0.0940. The van der Waals surface area contributed by atoms with Crippen LogP contribution >= 0.6 is 0 Å². The van der Waals surface area contributed by atoms with Crippen LogP contribution in [0.25, 0.3) is 10.9 Å². The highest BCUT2D eigenvalue weighted by molar-refractivity contribution is 6.07. The van der Waals surface area contributed by atoms with E-state index in [9.17, 15) is 4.79 Å². The summed E-state index contributed by atoms with van der Waals surface area (Å²) in [6.07, 6.45) is 3.78. The first-order valence-corrected chi connectivity index (χ1v) is 6.29. The molecule has 0 fully saturated rings. The molecular formula is C14H19N3O. The van der Waals surface area contributed by atoms with Gasteiger partial charge in [-0.15, -0.1) is 0 Å². The van der Waals surface area contributed by atoms with Gasteiger partial charge in [-0.25, -0.2) is 0 Å². The maximum atomic E-state index is 12.1. The summed E-state index contributed by atoms with van der Waals surface area (Å²) in [5.74, 6) is -0.0352. The Hall–Kier alpha value is -1.97. The van der Waals surface area contributed by atoms with Gasteiger partial charge in [0, 0.05) is 28.8 Å². The summed E-state index contributed by atoms with van der Waals surface area (Å²) in [4.78, 5) is 15.2. The van der Waals surface area contributed by atoms with E-state index in [1.54, 1.807) is 6.20 Å². The second-order valence-corrected chi connectivity index (χ2v) is 4.67. The van der Waals surface area contributed by atoms with Gasteiger partial charge < -0.3 is 16.0 Å². The zero-order chi connectivity index (χ0) is 13.1. The molecule has 4 heteroatoms. The number of nitrogen functional groups attached to an aromatic ring is 1. The molecule has 0 bridgehead atoms. The first-order chi connectivity index (χ1) is 8.61. The molecule has 1 heterocycles. The van der Waals surface area contributed by atoms with E-state index < -0.39 is 0 Å². The molecule has 1 amide bonds. The van der Waals surface area contributed by atoms with Crippen molar-refractivity contribution in [3.05, 3.63) is 30.0 Å². The number of nitrogens with one attached hydrogen (secondary N) is 2. The zero-order valence-corrected chi connectivity index (χ0v) is 10.8. The van der Waals surface area contributed by atoms with Gasteiger partial charge in [0.05, 0.1) is 5.56 Å². The van der Waals surface area contributed by atoms with Crippen LogP contribution in [0.4, 0.5) is 5.69 Å². The normalized spacial score (nSPS) is 12.6. The lowest BCUT2D eigenvalue weighted by atomic mass is 10.1. The Morgan fingerprint density at radius 1 is 1.50 bits per heavy atom. The van der Waals surface area contributed by atoms with Crippen molar-refractivity contribution in [2.24, 2.45) is 0 Å². The number of hydrogen-bond donors (Lipinski definition) is 3. The number of benzene rings is 1. The van der Waals surface area contributed by atoms with Crippen LogP contribution in [0.3, 0.4) is 0 Å². The molecule has 96 valence electrons. The van der Waals surface area contributed by atoms with Crippen molar-refractivity contribution >= 4 is 22.5 Å². The van der Waals surface area contributed by atoms with E-state index in [4.69, 9.17) is 5.73 Å². The summed E-state index contributed by atoms with van der Waals surface area (Å²) in [5, 5.41) is 3.91. The Bertz CT molecular complexity index is 559. The SMILES string of the molecule is CCCC(C)NC(=O)c1c[nH]c2cc(N)ccc12. The third-order valence-corrected chi connectivity index (χ3v) is 3.05. The lowest BCUT2D eigenvalue weighted by Gasteiger charge is -2.12. The number of amides is 1. The van der Waals surface area contributed by atoms with Gasteiger partial charge in [-0.1, -0.05) is 13.3 Å². The van der Waals surface area contributed by atoms with Gasteiger partial charge in [-0.2, -0.15) is 0 Å². The number of anilines is 1. The van der Waals surface area contributed by atoms with Crippen molar-refractivity contribution in [1.82, 2.24) is 10.3 Å². The number of carbonyl (C=O) groups excluding carboxylic acids is 1. The fourth-order valence-electron chi connectivity index (χ4n) is 2.14. The summed E-state index contributed by atoms with van der Waals surface area (Å²) in [6.45, 7) is 4.13. The van der Waals surface area contributed by atoms with E-state index in [0.29, 0.717) is 11.3 Å². The Balaban J connectivity index is 2.23. The van der Waals surface area contributed by atoms with E-state index in [2.05, 4.69) is 17.2 Å². The minimum Gasteiger partial charge on any atom is -0.399 e. The van der Waals surface area contributed by atoms with Gasteiger partial charge in [-0.05, 0) is 31.5 Å². The number of aromatic amines is 1. The third-order valence-electron chi connectivity index (χ3n) is 3.05.